The lowest BCUT2D eigenvalue weighted by atomic mass is 9.85. The van der Waals surface area contributed by atoms with Gasteiger partial charge in [0.1, 0.15) is 0 Å². The fourth-order valence-electron chi connectivity index (χ4n) is 2.18. The molecule has 0 aromatic heterocycles. The van der Waals surface area contributed by atoms with Crippen LogP contribution in [0.2, 0.25) is 0 Å². The van der Waals surface area contributed by atoms with Gasteiger partial charge in [-0.15, -0.1) is 0 Å². The smallest absolute Gasteiger partial charge is 0.325 e. The van der Waals surface area contributed by atoms with Crippen LogP contribution in [0.4, 0.5) is 18.9 Å². The third kappa shape index (κ3) is 2.78. The van der Waals surface area contributed by atoms with Crippen LogP contribution in [-0.4, -0.2) is 25.2 Å². The molecule has 0 radical (unpaired) electrons. The van der Waals surface area contributed by atoms with E-state index < -0.39 is 17.5 Å². The van der Waals surface area contributed by atoms with Crippen molar-refractivity contribution in [2.45, 2.75) is 19.5 Å². The van der Waals surface area contributed by atoms with Crippen molar-refractivity contribution in [3.63, 3.8) is 0 Å². The van der Waals surface area contributed by atoms with Gasteiger partial charge < -0.3 is 10.6 Å². The lowest BCUT2D eigenvalue weighted by Crippen LogP contribution is -2.49. The van der Waals surface area contributed by atoms with Gasteiger partial charge in [-0.05, 0) is 60.2 Å². The number of hydrogen-bond acceptors (Lipinski definition) is 2. The number of benzene rings is 1. The van der Waals surface area contributed by atoms with E-state index in [2.05, 4.69) is 33.2 Å². The lowest BCUT2D eigenvalue weighted by Gasteiger charge is -2.29. The maximum absolute atomic E-state index is 13.2. The molecule has 1 aromatic carbocycles. The Labute approximate surface area is 128 Å². The van der Waals surface area contributed by atoms with Crippen molar-refractivity contribution in [3.05, 3.63) is 27.3 Å². The van der Waals surface area contributed by atoms with Crippen molar-refractivity contribution in [1.82, 2.24) is 5.32 Å². The normalized spacial score (nSPS) is 22.9. The molecule has 110 valence electrons. The monoisotopic (exact) mass is 398 g/mol. The third-order valence-electron chi connectivity index (χ3n) is 3.56. The average Bonchev–Trinajstić information content (AvgIpc) is 2.84. The molecule has 1 aromatic rings. The van der Waals surface area contributed by atoms with Gasteiger partial charge in [0.25, 0.3) is 0 Å². The van der Waals surface area contributed by atoms with Crippen LogP contribution in [0, 0.1) is 15.9 Å². The molecular formula is C13H14F3IN2O. The van der Waals surface area contributed by atoms with Crippen molar-refractivity contribution < 1.29 is 18.0 Å². The van der Waals surface area contributed by atoms with E-state index in [4.69, 9.17) is 0 Å². The van der Waals surface area contributed by atoms with E-state index in [1.54, 1.807) is 18.2 Å². The summed E-state index contributed by atoms with van der Waals surface area (Å²) in [6.07, 6.45) is -4.79. The molecule has 0 aliphatic carbocycles. The molecule has 2 N–H and O–H groups in total. The molecule has 0 spiro atoms. The molecule has 1 atom stereocenters. The van der Waals surface area contributed by atoms with Crippen molar-refractivity contribution in [3.8, 4) is 0 Å². The first-order chi connectivity index (χ1) is 9.26. The van der Waals surface area contributed by atoms with Crippen LogP contribution >= 0.6 is 22.6 Å². The number of amides is 1. The summed E-state index contributed by atoms with van der Waals surface area (Å²) >= 11 is 2.08. The van der Waals surface area contributed by atoms with Gasteiger partial charge in [-0.3, -0.25) is 4.79 Å². The van der Waals surface area contributed by atoms with Crippen LogP contribution in [-0.2, 0) is 4.79 Å². The van der Waals surface area contributed by atoms with Gasteiger partial charge in [0.05, 0.1) is 0 Å². The second-order valence-electron chi connectivity index (χ2n) is 4.92. The zero-order valence-electron chi connectivity index (χ0n) is 10.8. The van der Waals surface area contributed by atoms with E-state index in [9.17, 15) is 18.0 Å². The largest absolute Gasteiger partial charge is 0.404 e. The fraction of sp³-hybridized carbons (Fsp3) is 0.462. The number of carbonyl (C=O) groups excluding carboxylic acids is 1. The number of nitrogens with one attached hydrogen (secondary N) is 2. The van der Waals surface area contributed by atoms with Crippen LogP contribution in [0.1, 0.15) is 12.0 Å². The van der Waals surface area contributed by atoms with E-state index >= 15 is 0 Å². The van der Waals surface area contributed by atoms with Gasteiger partial charge in [0.15, 0.2) is 5.41 Å². The predicted octanol–water partition coefficient (Wildman–Crippen LogP) is 3.08. The molecule has 1 aliphatic heterocycles. The number of rotatable bonds is 2. The van der Waals surface area contributed by atoms with Crippen LogP contribution in [0.3, 0.4) is 0 Å². The first-order valence-corrected chi connectivity index (χ1v) is 7.19. The van der Waals surface area contributed by atoms with Crippen LogP contribution in [0.15, 0.2) is 18.2 Å². The number of anilines is 1. The molecule has 3 nitrogen and oxygen atoms in total. The Morgan fingerprint density at radius 1 is 1.45 bits per heavy atom. The molecule has 1 fully saturated rings. The van der Waals surface area contributed by atoms with Crippen molar-refractivity contribution >= 4 is 34.2 Å². The minimum atomic E-state index is -4.56. The summed E-state index contributed by atoms with van der Waals surface area (Å²) in [5.41, 5.74) is -0.930. The number of hydrogen-bond donors (Lipinski definition) is 2. The Hall–Kier alpha value is -0.830. The molecule has 20 heavy (non-hydrogen) atoms. The maximum atomic E-state index is 13.2. The second kappa shape index (κ2) is 5.51. The highest BCUT2D eigenvalue weighted by Gasteiger charge is 2.61. The minimum Gasteiger partial charge on any atom is -0.325 e. The fourth-order valence-corrected chi connectivity index (χ4v) is 2.69. The lowest BCUT2D eigenvalue weighted by molar-refractivity contribution is -0.213. The number of alkyl halides is 3. The molecule has 7 heteroatoms. The molecule has 1 aliphatic rings. The molecular weight excluding hydrogens is 384 g/mol. The zero-order chi connectivity index (χ0) is 15.0. The standard InChI is InChI=1S/C13H14F3IN2O/c1-8-2-3-9(6-10(8)17)19-11(20)12(13(14,15)16)4-5-18-7-12/h2-3,6,18H,4-5,7H2,1H3,(H,19,20). The number of aryl methyl sites for hydroxylation is 1. The Morgan fingerprint density at radius 3 is 2.65 bits per heavy atom. The van der Waals surface area contributed by atoms with E-state index in [1.165, 1.54) is 0 Å². The topological polar surface area (TPSA) is 41.1 Å². The van der Waals surface area contributed by atoms with E-state index in [1.807, 2.05) is 6.92 Å². The molecule has 0 bridgehead atoms. The highest BCUT2D eigenvalue weighted by molar-refractivity contribution is 14.1. The maximum Gasteiger partial charge on any atom is 0.404 e. The number of halogens is 4. The second-order valence-corrected chi connectivity index (χ2v) is 6.09. The van der Waals surface area contributed by atoms with Crippen LogP contribution < -0.4 is 10.6 Å². The summed E-state index contributed by atoms with van der Waals surface area (Å²) < 4.78 is 40.5. The molecule has 1 unspecified atom stereocenters. The molecule has 1 heterocycles. The van der Waals surface area contributed by atoms with Crippen molar-refractivity contribution in [2.75, 3.05) is 18.4 Å². The molecule has 1 amide bonds. The molecule has 2 rings (SSSR count). The van der Waals surface area contributed by atoms with Crippen molar-refractivity contribution in [2.24, 2.45) is 5.41 Å². The highest BCUT2D eigenvalue weighted by atomic mass is 127. The predicted molar refractivity (Wildman–Crippen MR) is 78.5 cm³/mol. The summed E-state index contributed by atoms with van der Waals surface area (Å²) in [7, 11) is 0. The Morgan fingerprint density at radius 2 is 2.15 bits per heavy atom. The summed E-state index contributed by atoms with van der Waals surface area (Å²) in [5, 5.41) is 5.02. The Balaban J connectivity index is 2.23. The summed E-state index contributed by atoms with van der Waals surface area (Å²) in [4.78, 5) is 12.1. The quantitative estimate of drug-likeness (QED) is 0.753. The Bertz CT molecular complexity index is 525. The first kappa shape index (κ1) is 15.6. The van der Waals surface area contributed by atoms with Crippen LogP contribution in [0.25, 0.3) is 0 Å². The average molecular weight is 398 g/mol. The highest BCUT2D eigenvalue weighted by Crippen LogP contribution is 2.43. The third-order valence-corrected chi connectivity index (χ3v) is 4.72. The van der Waals surface area contributed by atoms with Crippen molar-refractivity contribution in [1.29, 1.82) is 0 Å². The summed E-state index contributed by atoms with van der Waals surface area (Å²) in [6.45, 7) is 1.72. The van der Waals surface area contributed by atoms with Gasteiger partial charge in [0.2, 0.25) is 5.91 Å². The van der Waals surface area contributed by atoms with Gasteiger partial charge in [-0.25, -0.2) is 0 Å². The zero-order valence-corrected chi connectivity index (χ0v) is 12.9. The van der Waals surface area contributed by atoms with E-state index in [-0.39, 0.29) is 19.5 Å². The van der Waals surface area contributed by atoms with E-state index in [0.29, 0.717) is 5.69 Å². The summed E-state index contributed by atoms with van der Waals surface area (Å²) in [5.74, 6) is -0.991. The minimum absolute atomic E-state index is 0.193. The van der Waals surface area contributed by atoms with Gasteiger partial charge in [0, 0.05) is 15.8 Å². The summed E-state index contributed by atoms with van der Waals surface area (Å²) in [6, 6.07) is 5.05. The van der Waals surface area contributed by atoms with Crippen LogP contribution in [0.5, 0.6) is 0 Å². The number of carbonyl (C=O) groups is 1. The molecule has 0 saturated carbocycles. The molecule has 1 saturated heterocycles. The first-order valence-electron chi connectivity index (χ1n) is 6.11. The SMILES string of the molecule is Cc1ccc(NC(=O)C2(C(F)(F)F)CCNC2)cc1I. The van der Waals surface area contributed by atoms with Gasteiger partial charge >= 0.3 is 6.18 Å². The van der Waals surface area contributed by atoms with Gasteiger partial charge in [-0.1, -0.05) is 6.07 Å². The van der Waals surface area contributed by atoms with Gasteiger partial charge in [-0.2, -0.15) is 13.2 Å². The Kier molecular flexibility index (Phi) is 4.29. The van der Waals surface area contributed by atoms with E-state index in [0.717, 1.165) is 9.13 Å².